The highest BCUT2D eigenvalue weighted by atomic mass is 32.2. The molecule has 3 N–H and O–H groups in total. The molecular formula is C13H20N2O5S. The first-order chi connectivity index (χ1) is 9.89. The summed E-state index contributed by atoms with van der Waals surface area (Å²) in [5.74, 6) is -0.279. The van der Waals surface area contributed by atoms with Gasteiger partial charge in [0.1, 0.15) is 11.3 Å². The average Bonchev–Trinajstić information content (AvgIpc) is 3.04. The van der Waals surface area contributed by atoms with E-state index in [4.69, 9.17) is 10.2 Å². The van der Waals surface area contributed by atoms with Gasteiger partial charge in [-0.1, -0.05) is 6.42 Å². The molecule has 21 heavy (non-hydrogen) atoms. The highest BCUT2D eigenvalue weighted by Gasteiger charge is 2.32. The fourth-order valence-corrected chi connectivity index (χ4v) is 3.96. The van der Waals surface area contributed by atoms with E-state index in [0.717, 1.165) is 19.3 Å². The van der Waals surface area contributed by atoms with Crippen molar-refractivity contribution in [3.05, 3.63) is 17.4 Å². The Kier molecular flexibility index (Phi) is 4.70. The summed E-state index contributed by atoms with van der Waals surface area (Å²) in [6.45, 7) is 1.96. The lowest BCUT2D eigenvalue weighted by molar-refractivity contribution is 0.0599. The third-order valence-electron chi connectivity index (χ3n) is 3.83. The molecule has 2 atom stereocenters. The number of nitrogens with two attached hydrogens (primary N) is 1. The molecule has 0 spiro atoms. The molecule has 0 saturated heterocycles. The normalized spacial score (nSPS) is 22.4. The lowest BCUT2D eigenvalue weighted by atomic mass is 10.1. The first kappa shape index (κ1) is 16.0. The maximum Gasteiger partial charge on any atom is 0.341 e. The Labute approximate surface area is 123 Å². The van der Waals surface area contributed by atoms with Gasteiger partial charge in [0.15, 0.2) is 0 Å². The fraction of sp³-hybridized carbons (Fsp3) is 0.615. The molecule has 1 aromatic heterocycles. The predicted octanol–water partition coefficient (Wildman–Crippen LogP) is 0.780. The van der Waals surface area contributed by atoms with Crippen LogP contribution in [-0.2, 0) is 14.8 Å². The predicted molar refractivity (Wildman–Crippen MR) is 75.3 cm³/mol. The van der Waals surface area contributed by atoms with Gasteiger partial charge in [-0.25, -0.2) is 17.9 Å². The number of hydrogen-bond donors (Lipinski definition) is 2. The number of carbonyl (C=O) groups is 1. The summed E-state index contributed by atoms with van der Waals surface area (Å²) < 4.78 is 37.1. The summed E-state index contributed by atoms with van der Waals surface area (Å²) in [6, 6.07) is 1.00. The van der Waals surface area contributed by atoms with Crippen molar-refractivity contribution >= 4 is 16.0 Å². The van der Waals surface area contributed by atoms with Crippen LogP contribution in [0.1, 0.15) is 35.4 Å². The molecule has 1 aromatic rings. The number of sulfonamides is 1. The number of rotatable bonds is 5. The second kappa shape index (κ2) is 6.17. The van der Waals surface area contributed by atoms with Crippen LogP contribution in [0.15, 0.2) is 15.6 Å². The molecule has 8 heteroatoms. The van der Waals surface area contributed by atoms with Crippen LogP contribution in [0.3, 0.4) is 0 Å². The SMILES string of the molecule is COC(=O)c1cc(S(=O)(=O)NC2CCCC2CN)oc1C. The monoisotopic (exact) mass is 316 g/mol. The Morgan fingerprint density at radius 3 is 2.86 bits per heavy atom. The standard InChI is InChI=1S/C13H20N2O5S/c1-8-10(13(16)19-2)6-12(20-8)21(17,18)15-11-5-3-4-9(11)7-14/h6,9,11,15H,3-5,7,14H2,1-2H3. The van der Waals surface area contributed by atoms with Crippen molar-refractivity contribution < 1.29 is 22.4 Å². The van der Waals surface area contributed by atoms with Crippen LogP contribution >= 0.6 is 0 Å². The third-order valence-corrected chi connectivity index (χ3v) is 5.18. The van der Waals surface area contributed by atoms with Gasteiger partial charge in [0, 0.05) is 12.1 Å². The molecule has 0 bridgehead atoms. The third kappa shape index (κ3) is 3.28. The van der Waals surface area contributed by atoms with Crippen molar-refractivity contribution in [2.24, 2.45) is 11.7 Å². The van der Waals surface area contributed by atoms with Gasteiger partial charge < -0.3 is 14.9 Å². The van der Waals surface area contributed by atoms with Crippen molar-refractivity contribution in [3.8, 4) is 0 Å². The van der Waals surface area contributed by atoms with Gasteiger partial charge in [-0.2, -0.15) is 0 Å². The van der Waals surface area contributed by atoms with E-state index in [-0.39, 0.29) is 28.4 Å². The molecule has 2 unspecified atom stereocenters. The minimum absolute atomic E-state index is 0.111. The lowest BCUT2D eigenvalue weighted by Gasteiger charge is -2.18. The zero-order valence-electron chi connectivity index (χ0n) is 12.1. The summed E-state index contributed by atoms with van der Waals surface area (Å²) in [7, 11) is -2.58. The van der Waals surface area contributed by atoms with Crippen LogP contribution in [0.25, 0.3) is 0 Å². The molecule has 0 aromatic carbocycles. The fourth-order valence-electron chi connectivity index (χ4n) is 2.63. The van der Waals surface area contributed by atoms with Crippen LogP contribution in [-0.4, -0.2) is 34.1 Å². The number of ether oxygens (including phenoxy) is 1. The molecule has 2 rings (SSSR count). The van der Waals surface area contributed by atoms with Gasteiger partial charge in [-0.15, -0.1) is 0 Å². The van der Waals surface area contributed by atoms with E-state index in [1.165, 1.54) is 20.1 Å². The second-order valence-corrected chi connectivity index (χ2v) is 6.83. The summed E-state index contributed by atoms with van der Waals surface area (Å²) in [5.41, 5.74) is 5.76. The van der Waals surface area contributed by atoms with Gasteiger partial charge in [-0.3, -0.25) is 0 Å². The van der Waals surface area contributed by atoms with E-state index in [0.29, 0.717) is 6.54 Å². The van der Waals surface area contributed by atoms with Crippen LogP contribution in [0, 0.1) is 12.8 Å². The molecule has 7 nitrogen and oxygen atoms in total. The number of esters is 1. The van der Waals surface area contributed by atoms with Gasteiger partial charge >= 0.3 is 5.97 Å². The summed E-state index contributed by atoms with van der Waals surface area (Å²) >= 11 is 0. The number of carbonyl (C=O) groups excluding carboxylic acids is 1. The van der Waals surface area contributed by atoms with Crippen LogP contribution < -0.4 is 10.5 Å². The average molecular weight is 316 g/mol. The van der Waals surface area contributed by atoms with Crippen molar-refractivity contribution in [3.63, 3.8) is 0 Å². The molecule has 0 radical (unpaired) electrons. The molecule has 0 amide bonds. The van der Waals surface area contributed by atoms with Crippen molar-refractivity contribution in [2.75, 3.05) is 13.7 Å². The minimum Gasteiger partial charge on any atom is -0.465 e. The van der Waals surface area contributed by atoms with E-state index in [1.54, 1.807) is 0 Å². The smallest absolute Gasteiger partial charge is 0.341 e. The first-order valence-corrected chi connectivity index (χ1v) is 8.28. The minimum atomic E-state index is -3.81. The Morgan fingerprint density at radius 1 is 1.52 bits per heavy atom. The second-order valence-electron chi connectivity index (χ2n) is 5.18. The molecule has 0 aliphatic heterocycles. The number of nitrogens with one attached hydrogen (secondary N) is 1. The number of methoxy groups -OCH3 is 1. The van der Waals surface area contributed by atoms with E-state index in [9.17, 15) is 13.2 Å². The van der Waals surface area contributed by atoms with E-state index in [1.807, 2.05) is 0 Å². The van der Waals surface area contributed by atoms with Gasteiger partial charge in [0.25, 0.3) is 10.0 Å². The van der Waals surface area contributed by atoms with E-state index in [2.05, 4.69) is 9.46 Å². The zero-order chi connectivity index (χ0) is 15.6. The summed E-state index contributed by atoms with van der Waals surface area (Å²) in [5, 5.41) is -0.275. The zero-order valence-corrected chi connectivity index (χ0v) is 12.9. The topological polar surface area (TPSA) is 112 Å². The van der Waals surface area contributed by atoms with Crippen LogP contribution in [0.5, 0.6) is 0 Å². The Balaban J connectivity index is 2.22. The number of aryl methyl sites for hydroxylation is 1. The Bertz CT molecular complexity index is 623. The first-order valence-electron chi connectivity index (χ1n) is 6.80. The molecule has 1 aliphatic carbocycles. The van der Waals surface area contributed by atoms with Crippen molar-refractivity contribution in [1.82, 2.24) is 4.72 Å². The summed E-state index contributed by atoms with van der Waals surface area (Å²) in [6.07, 6.45) is 2.61. The quantitative estimate of drug-likeness (QED) is 0.776. The van der Waals surface area contributed by atoms with E-state index >= 15 is 0 Å². The molecule has 1 saturated carbocycles. The molecule has 1 fully saturated rings. The highest BCUT2D eigenvalue weighted by molar-refractivity contribution is 7.89. The Hall–Kier alpha value is -1.38. The highest BCUT2D eigenvalue weighted by Crippen LogP contribution is 2.27. The largest absolute Gasteiger partial charge is 0.465 e. The Morgan fingerprint density at radius 2 is 2.24 bits per heavy atom. The summed E-state index contributed by atoms with van der Waals surface area (Å²) in [4.78, 5) is 11.5. The van der Waals surface area contributed by atoms with Gasteiger partial charge in [-0.05, 0) is 32.2 Å². The lowest BCUT2D eigenvalue weighted by Crippen LogP contribution is -2.39. The molecule has 1 heterocycles. The van der Waals surface area contributed by atoms with Crippen molar-refractivity contribution in [1.29, 1.82) is 0 Å². The van der Waals surface area contributed by atoms with Gasteiger partial charge in [0.2, 0.25) is 5.09 Å². The maximum absolute atomic E-state index is 12.3. The maximum atomic E-state index is 12.3. The molecular weight excluding hydrogens is 296 g/mol. The van der Waals surface area contributed by atoms with Crippen molar-refractivity contribution in [2.45, 2.75) is 37.3 Å². The van der Waals surface area contributed by atoms with Gasteiger partial charge in [0.05, 0.1) is 7.11 Å². The molecule has 118 valence electrons. The van der Waals surface area contributed by atoms with Crippen LogP contribution in [0.4, 0.5) is 0 Å². The van der Waals surface area contributed by atoms with Crippen LogP contribution in [0.2, 0.25) is 0 Å². The number of hydrogen-bond acceptors (Lipinski definition) is 6. The van der Waals surface area contributed by atoms with E-state index < -0.39 is 16.0 Å². The molecule has 1 aliphatic rings. The number of furan rings is 1.